The summed E-state index contributed by atoms with van der Waals surface area (Å²) < 4.78 is 5.83. The van der Waals surface area contributed by atoms with Crippen LogP contribution >= 0.6 is 0 Å². The minimum absolute atomic E-state index is 0.00171. The van der Waals surface area contributed by atoms with Gasteiger partial charge in [-0.25, -0.2) is 0 Å². The van der Waals surface area contributed by atoms with Gasteiger partial charge in [-0.15, -0.1) is 0 Å². The van der Waals surface area contributed by atoms with Gasteiger partial charge in [0.1, 0.15) is 0 Å². The molecule has 1 saturated carbocycles. The Kier molecular flexibility index (Phi) is 5.67. The summed E-state index contributed by atoms with van der Waals surface area (Å²) in [5.41, 5.74) is 0.00171. The average molecular weight is 256 g/mol. The quantitative estimate of drug-likeness (QED) is 0.827. The van der Waals surface area contributed by atoms with E-state index < -0.39 is 0 Å². The van der Waals surface area contributed by atoms with Gasteiger partial charge in [-0.1, -0.05) is 41.0 Å². The molecule has 0 heterocycles. The lowest BCUT2D eigenvalue weighted by Gasteiger charge is -2.41. The summed E-state index contributed by atoms with van der Waals surface area (Å²) in [6, 6.07) is 0. The molecule has 108 valence electrons. The molecular formula is C16H32O2. The molecule has 0 aromatic rings. The van der Waals surface area contributed by atoms with Crippen molar-refractivity contribution < 1.29 is 9.84 Å². The minimum Gasteiger partial charge on any atom is -0.390 e. The van der Waals surface area contributed by atoms with E-state index in [1.807, 2.05) is 6.92 Å². The minimum atomic E-state index is -0.320. The van der Waals surface area contributed by atoms with Gasteiger partial charge in [0.25, 0.3) is 0 Å². The van der Waals surface area contributed by atoms with Crippen LogP contribution in [0.15, 0.2) is 0 Å². The molecule has 18 heavy (non-hydrogen) atoms. The van der Waals surface area contributed by atoms with Crippen molar-refractivity contribution in [2.75, 3.05) is 6.61 Å². The fourth-order valence-electron chi connectivity index (χ4n) is 3.19. The van der Waals surface area contributed by atoms with E-state index in [2.05, 4.69) is 34.6 Å². The van der Waals surface area contributed by atoms with Crippen molar-refractivity contribution in [2.45, 2.75) is 73.0 Å². The first-order chi connectivity index (χ1) is 8.27. The smallest absolute Gasteiger partial charge is 0.0884 e. The standard InChI is InChI=1S/C16H32O2/c1-7-18-15(16(4,5)6)14(17)13-9-8-11(2)12(3)10-13/h11-15,17H,7-10H2,1-6H3. The highest BCUT2D eigenvalue weighted by Crippen LogP contribution is 2.38. The second kappa shape index (κ2) is 6.38. The number of hydrogen-bond acceptors (Lipinski definition) is 2. The zero-order chi connectivity index (χ0) is 13.9. The first-order valence-electron chi connectivity index (χ1n) is 7.57. The normalized spacial score (nSPS) is 33.2. The van der Waals surface area contributed by atoms with E-state index in [4.69, 9.17) is 4.74 Å². The van der Waals surface area contributed by atoms with Gasteiger partial charge in [-0.2, -0.15) is 0 Å². The van der Waals surface area contributed by atoms with Crippen LogP contribution in [0.2, 0.25) is 0 Å². The molecule has 2 nitrogen and oxygen atoms in total. The van der Waals surface area contributed by atoms with Crippen molar-refractivity contribution in [3.8, 4) is 0 Å². The summed E-state index contributed by atoms with van der Waals surface area (Å²) >= 11 is 0. The molecule has 0 bridgehead atoms. The van der Waals surface area contributed by atoms with Gasteiger partial charge in [0, 0.05) is 6.61 Å². The third-order valence-electron chi connectivity index (χ3n) is 4.63. The van der Waals surface area contributed by atoms with Gasteiger partial charge in [0.15, 0.2) is 0 Å². The summed E-state index contributed by atoms with van der Waals surface area (Å²) in [5.74, 6) is 1.93. The number of aliphatic hydroxyl groups excluding tert-OH is 1. The van der Waals surface area contributed by atoms with Crippen LogP contribution in [-0.4, -0.2) is 23.9 Å². The third kappa shape index (κ3) is 3.96. The van der Waals surface area contributed by atoms with Crippen LogP contribution in [0, 0.1) is 23.2 Å². The summed E-state index contributed by atoms with van der Waals surface area (Å²) in [6.45, 7) is 13.8. The summed E-state index contributed by atoms with van der Waals surface area (Å²) in [6.07, 6.45) is 3.16. The molecular weight excluding hydrogens is 224 g/mol. The van der Waals surface area contributed by atoms with Crippen molar-refractivity contribution in [2.24, 2.45) is 23.2 Å². The molecule has 0 spiro atoms. The second-order valence-corrected chi connectivity index (χ2v) is 7.26. The Labute approximate surface area is 113 Å². The Balaban J connectivity index is 2.68. The highest BCUT2D eigenvalue weighted by molar-refractivity contribution is 4.89. The Morgan fingerprint density at radius 1 is 1.17 bits per heavy atom. The molecule has 1 rings (SSSR count). The SMILES string of the molecule is CCOC(C(O)C1CCC(C)C(C)C1)C(C)(C)C. The molecule has 0 aromatic carbocycles. The van der Waals surface area contributed by atoms with E-state index in [9.17, 15) is 5.11 Å². The Morgan fingerprint density at radius 3 is 2.22 bits per heavy atom. The number of rotatable bonds is 4. The predicted molar refractivity (Wildman–Crippen MR) is 76.5 cm³/mol. The Bertz CT molecular complexity index is 244. The molecule has 1 fully saturated rings. The van der Waals surface area contributed by atoms with Crippen molar-refractivity contribution in [1.82, 2.24) is 0 Å². The first kappa shape index (κ1) is 16.0. The monoisotopic (exact) mass is 256 g/mol. The maximum atomic E-state index is 10.7. The maximum Gasteiger partial charge on any atom is 0.0884 e. The van der Waals surface area contributed by atoms with Crippen molar-refractivity contribution >= 4 is 0 Å². The summed E-state index contributed by atoms with van der Waals surface area (Å²) in [4.78, 5) is 0. The summed E-state index contributed by atoms with van der Waals surface area (Å²) in [5, 5.41) is 10.7. The third-order valence-corrected chi connectivity index (χ3v) is 4.63. The van der Waals surface area contributed by atoms with E-state index in [0.717, 1.165) is 24.7 Å². The van der Waals surface area contributed by atoms with Gasteiger partial charge in [0.2, 0.25) is 0 Å². The van der Waals surface area contributed by atoms with Gasteiger partial charge >= 0.3 is 0 Å². The molecule has 0 aliphatic heterocycles. The van der Waals surface area contributed by atoms with Gasteiger partial charge in [0.05, 0.1) is 12.2 Å². The van der Waals surface area contributed by atoms with Crippen LogP contribution < -0.4 is 0 Å². The molecule has 0 amide bonds. The lowest BCUT2D eigenvalue weighted by atomic mass is 9.70. The second-order valence-electron chi connectivity index (χ2n) is 7.26. The van der Waals surface area contributed by atoms with Crippen molar-refractivity contribution in [3.05, 3.63) is 0 Å². The topological polar surface area (TPSA) is 29.5 Å². The molecule has 0 saturated heterocycles. The molecule has 1 aliphatic carbocycles. The Morgan fingerprint density at radius 2 is 1.78 bits per heavy atom. The zero-order valence-electron chi connectivity index (χ0n) is 13.1. The fraction of sp³-hybridized carbons (Fsp3) is 1.00. The van der Waals surface area contributed by atoms with Crippen LogP contribution in [0.3, 0.4) is 0 Å². The lowest BCUT2D eigenvalue weighted by molar-refractivity contribution is -0.116. The van der Waals surface area contributed by atoms with E-state index in [-0.39, 0.29) is 17.6 Å². The number of aliphatic hydroxyl groups is 1. The highest BCUT2D eigenvalue weighted by Gasteiger charge is 2.38. The first-order valence-corrected chi connectivity index (χ1v) is 7.57. The zero-order valence-corrected chi connectivity index (χ0v) is 13.1. The van der Waals surface area contributed by atoms with E-state index in [0.29, 0.717) is 12.5 Å². The van der Waals surface area contributed by atoms with Gasteiger partial charge in [-0.05, 0) is 42.9 Å². The molecule has 0 aromatic heterocycles. The largest absolute Gasteiger partial charge is 0.390 e. The Hall–Kier alpha value is -0.0800. The molecule has 5 unspecified atom stereocenters. The van der Waals surface area contributed by atoms with Crippen LogP contribution in [0.25, 0.3) is 0 Å². The van der Waals surface area contributed by atoms with E-state index in [1.54, 1.807) is 0 Å². The highest BCUT2D eigenvalue weighted by atomic mass is 16.5. The van der Waals surface area contributed by atoms with E-state index in [1.165, 1.54) is 6.42 Å². The average Bonchev–Trinajstić information content (AvgIpc) is 2.27. The fourth-order valence-corrected chi connectivity index (χ4v) is 3.19. The lowest BCUT2D eigenvalue weighted by Crippen LogP contribution is -2.45. The summed E-state index contributed by atoms with van der Waals surface area (Å²) in [7, 11) is 0. The predicted octanol–water partition coefficient (Wildman–Crippen LogP) is 3.87. The van der Waals surface area contributed by atoms with Crippen molar-refractivity contribution in [1.29, 1.82) is 0 Å². The molecule has 1 N–H and O–H groups in total. The molecule has 2 heteroatoms. The molecule has 5 atom stereocenters. The van der Waals surface area contributed by atoms with Gasteiger partial charge in [-0.3, -0.25) is 0 Å². The molecule has 1 aliphatic rings. The van der Waals surface area contributed by atoms with Crippen LogP contribution in [0.4, 0.5) is 0 Å². The molecule has 0 radical (unpaired) electrons. The number of hydrogen-bond donors (Lipinski definition) is 1. The van der Waals surface area contributed by atoms with Crippen LogP contribution in [-0.2, 0) is 4.74 Å². The number of ether oxygens (including phenoxy) is 1. The van der Waals surface area contributed by atoms with E-state index >= 15 is 0 Å². The maximum absolute atomic E-state index is 10.7. The van der Waals surface area contributed by atoms with Crippen LogP contribution in [0.5, 0.6) is 0 Å². The van der Waals surface area contributed by atoms with Crippen LogP contribution in [0.1, 0.15) is 60.8 Å². The van der Waals surface area contributed by atoms with Gasteiger partial charge < -0.3 is 9.84 Å². The van der Waals surface area contributed by atoms with Crippen molar-refractivity contribution in [3.63, 3.8) is 0 Å².